The molecule has 43 heavy (non-hydrogen) atoms. The Bertz CT molecular complexity index is 2440. The van der Waals surface area contributed by atoms with Gasteiger partial charge in [0.2, 0.25) is 0 Å². The van der Waals surface area contributed by atoms with E-state index in [9.17, 15) is 0 Å². The Morgan fingerprint density at radius 2 is 0.791 bits per heavy atom. The Morgan fingerprint density at radius 1 is 0.302 bits per heavy atom. The normalized spacial score (nSPS) is 11.7. The summed E-state index contributed by atoms with van der Waals surface area (Å²) >= 11 is 1.87. The van der Waals surface area contributed by atoms with Crippen LogP contribution in [0.25, 0.3) is 86.7 Å². The summed E-state index contributed by atoms with van der Waals surface area (Å²) < 4.78 is 2.64. The molecule has 0 saturated heterocycles. The molecule has 200 valence electrons. The van der Waals surface area contributed by atoms with Crippen molar-refractivity contribution in [2.45, 2.75) is 0 Å². The summed E-state index contributed by atoms with van der Waals surface area (Å²) in [6.07, 6.45) is 0. The smallest absolute Gasteiger partial charge is 0.164 e. The van der Waals surface area contributed by atoms with Crippen LogP contribution in [0, 0.1) is 0 Å². The zero-order chi connectivity index (χ0) is 28.3. The standard InChI is InChI=1S/C39H23N3S/c1-3-11-24(12-4-1)37-40-38(25-13-5-2-6-14-25)42-39(41-37)26-19-20-29-31(21-26)27-15-7-8-16-28(27)33-23-36-34(22-32(29)33)30-17-9-10-18-35(30)43-36/h1-23H. The summed E-state index contributed by atoms with van der Waals surface area (Å²) in [7, 11) is 0. The Hall–Kier alpha value is -5.45. The van der Waals surface area contributed by atoms with Crippen molar-refractivity contribution in [2.75, 3.05) is 0 Å². The molecule has 7 aromatic carbocycles. The van der Waals surface area contributed by atoms with E-state index >= 15 is 0 Å². The Kier molecular flexibility index (Phi) is 5.37. The maximum Gasteiger partial charge on any atom is 0.164 e. The van der Waals surface area contributed by atoms with Gasteiger partial charge in [-0.2, -0.15) is 0 Å². The third-order valence-corrected chi connectivity index (χ3v) is 9.43. The van der Waals surface area contributed by atoms with E-state index < -0.39 is 0 Å². The van der Waals surface area contributed by atoms with Crippen molar-refractivity contribution in [1.29, 1.82) is 0 Å². The molecule has 0 aliphatic rings. The second-order valence-electron chi connectivity index (χ2n) is 10.8. The minimum Gasteiger partial charge on any atom is -0.208 e. The zero-order valence-corrected chi connectivity index (χ0v) is 23.8. The second-order valence-corrected chi connectivity index (χ2v) is 11.9. The SMILES string of the molecule is c1ccc(-c2nc(-c3ccccc3)nc(-c3ccc4c(c3)c3ccccc3c3cc5sc6ccccc6c5cc43)n2)cc1. The van der Waals surface area contributed by atoms with Crippen LogP contribution in [0.2, 0.25) is 0 Å². The van der Waals surface area contributed by atoms with Crippen molar-refractivity contribution < 1.29 is 0 Å². The molecule has 0 unspecified atom stereocenters. The molecule has 0 N–H and O–H groups in total. The number of hydrogen-bond donors (Lipinski definition) is 0. The van der Waals surface area contributed by atoms with Crippen molar-refractivity contribution in [3.05, 3.63) is 140 Å². The monoisotopic (exact) mass is 565 g/mol. The molecular formula is C39H23N3S. The van der Waals surface area contributed by atoms with Crippen LogP contribution in [-0.2, 0) is 0 Å². The fourth-order valence-electron chi connectivity index (χ4n) is 6.25. The first-order valence-corrected chi connectivity index (χ1v) is 15.2. The summed E-state index contributed by atoms with van der Waals surface area (Å²) in [5.74, 6) is 2.00. The van der Waals surface area contributed by atoms with Crippen molar-refractivity contribution in [3.63, 3.8) is 0 Å². The van der Waals surface area contributed by atoms with Gasteiger partial charge >= 0.3 is 0 Å². The minimum absolute atomic E-state index is 0.665. The third kappa shape index (κ3) is 3.92. The van der Waals surface area contributed by atoms with Crippen LogP contribution in [0.1, 0.15) is 0 Å². The predicted octanol–water partition coefficient (Wildman–Crippen LogP) is 10.7. The maximum atomic E-state index is 5.00. The van der Waals surface area contributed by atoms with Gasteiger partial charge in [0.25, 0.3) is 0 Å². The van der Waals surface area contributed by atoms with Gasteiger partial charge in [-0.15, -0.1) is 11.3 Å². The Labute approximate surface area is 251 Å². The molecule has 4 heteroatoms. The lowest BCUT2D eigenvalue weighted by atomic mass is 9.92. The molecule has 3 nitrogen and oxygen atoms in total. The fourth-order valence-corrected chi connectivity index (χ4v) is 7.38. The van der Waals surface area contributed by atoms with E-state index in [1.165, 1.54) is 52.5 Å². The number of hydrogen-bond acceptors (Lipinski definition) is 4. The van der Waals surface area contributed by atoms with Crippen LogP contribution < -0.4 is 0 Å². The van der Waals surface area contributed by atoms with E-state index in [0.29, 0.717) is 17.5 Å². The van der Waals surface area contributed by atoms with Gasteiger partial charge in [-0.3, -0.25) is 0 Å². The molecule has 0 radical (unpaired) electrons. The maximum absolute atomic E-state index is 5.00. The first-order chi connectivity index (χ1) is 21.3. The molecular weight excluding hydrogens is 543 g/mol. The average molecular weight is 566 g/mol. The lowest BCUT2D eigenvalue weighted by molar-refractivity contribution is 1.07. The fraction of sp³-hybridized carbons (Fsp3) is 0. The molecule has 0 amide bonds. The number of rotatable bonds is 3. The third-order valence-electron chi connectivity index (χ3n) is 8.29. The quantitative estimate of drug-likeness (QED) is 0.200. The van der Waals surface area contributed by atoms with E-state index in [0.717, 1.165) is 16.7 Å². The Morgan fingerprint density at radius 3 is 1.44 bits per heavy atom. The van der Waals surface area contributed by atoms with Crippen molar-refractivity contribution in [3.8, 4) is 34.2 Å². The highest BCUT2D eigenvalue weighted by atomic mass is 32.1. The number of benzene rings is 7. The molecule has 0 spiro atoms. The number of nitrogens with zero attached hydrogens (tertiary/aromatic N) is 3. The van der Waals surface area contributed by atoms with Gasteiger partial charge in [-0.05, 0) is 56.6 Å². The van der Waals surface area contributed by atoms with E-state index in [1.54, 1.807) is 0 Å². The van der Waals surface area contributed by atoms with E-state index in [-0.39, 0.29) is 0 Å². The highest BCUT2D eigenvalue weighted by Crippen LogP contribution is 2.42. The largest absolute Gasteiger partial charge is 0.208 e. The highest BCUT2D eigenvalue weighted by molar-refractivity contribution is 7.25. The van der Waals surface area contributed by atoms with Crippen LogP contribution in [0.5, 0.6) is 0 Å². The number of thiophene rings is 1. The zero-order valence-electron chi connectivity index (χ0n) is 23.0. The lowest BCUT2D eigenvalue weighted by Crippen LogP contribution is -2.00. The van der Waals surface area contributed by atoms with Gasteiger partial charge in [-0.1, -0.05) is 115 Å². The summed E-state index contributed by atoms with van der Waals surface area (Å²) in [6.45, 7) is 0. The highest BCUT2D eigenvalue weighted by Gasteiger charge is 2.16. The molecule has 2 aromatic heterocycles. The number of fused-ring (bicyclic) bond motifs is 9. The van der Waals surface area contributed by atoms with Gasteiger partial charge in [0.1, 0.15) is 0 Å². The van der Waals surface area contributed by atoms with Crippen molar-refractivity contribution >= 4 is 63.8 Å². The molecule has 2 heterocycles. The summed E-state index contributed by atoms with van der Waals surface area (Å²) in [6, 6.07) is 49.1. The van der Waals surface area contributed by atoms with Gasteiger partial charge < -0.3 is 0 Å². The van der Waals surface area contributed by atoms with Crippen LogP contribution in [0.4, 0.5) is 0 Å². The molecule has 9 rings (SSSR count). The molecule has 0 fully saturated rings. The topological polar surface area (TPSA) is 38.7 Å². The van der Waals surface area contributed by atoms with Crippen LogP contribution in [-0.4, -0.2) is 15.0 Å². The van der Waals surface area contributed by atoms with Gasteiger partial charge in [-0.25, -0.2) is 15.0 Å². The molecule has 0 atom stereocenters. The van der Waals surface area contributed by atoms with E-state index in [2.05, 4.69) is 78.9 Å². The first-order valence-electron chi connectivity index (χ1n) is 14.4. The molecule has 0 saturated carbocycles. The summed E-state index contributed by atoms with van der Waals surface area (Å²) in [4.78, 5) is 14.9. The lowest BCUT2D eigenvalue weighted by Gasteiger charge is -2.13. The molecule has 0 aliphatic heterocycles. The van der Waals surface area contributed by atoms with Crippen LogP contribution in [0.3, 0.4) is 0 Å². The number of aromatic nitrogens is 3. The molecule has 9 aromatic rings. The Balaban J connectivity index is 1.33. The molecule has 0 bridgehead atoms. The van der Waals surface area contributed by atoms with Crippen molar-refractivity contribution in [1.82, 2.24) is 15.0 Å². The van der Waals surface area contributed by atoms with Crippen LogP contribution >= 0.6 is 11.3 Å². The average Bonchev–Trinajstić information content (AvgIpc) is 3.45. The van der Waals surface area contributed by atoms with Gasteiger partial charge in [0.15, 0.2) is 17.5 Å². The van der Waals surface area contributed by atoms with Crippen LogP contribution in [0.15, 0.2) is 140 Å². The second kappa shape index (κ2) is 9.55. The van der Waals surface area contributed by atoms with Gasteiger partial charge in [0, 0.05) is 36.9 Å². The van der Waals surface area contributed by atoms with Crippen molar-refractivity contribution in [2.24, 2.45) is 0 Å². The summed E-state index contributed by atoms with van der Waals surface area (Å²) in [5, 5.41) is 10.1. The van der Waals surface area contributed by atoms with Gasteiger partial charge in [0.05, 0.1) is 0 Å². The minimum atomic E-state index is 0.665. The van der Waals surface area contributed by atoms with E-state index in [4.69, 9.17) is 15.0 Å². The summed E-state index contributed by atoms with van der Waals surface area (Å²) in [5.41, 5.74) is 2.90. The van der Waals surface area contributed by atoms with E-state index in [1.807, 2.05) is 72.0 Å². The predicted molar refractivity (Wildman–Crippen MR) is 182 cm³/mol. The first kappa shape index (κ1) is 24.2. The molecule has 0 aliphatic carbocycles.